The topological polar surface area (TPSA) is 64.6 Å². The van der Waals surface area contributed by atoms with Crippen molar-refractivity contribution in [3.05, 3.63) is 53.8 Å². The highest BCUT2D eigenvalue weighted by molar-refractivity contribution is 7.89. The second kappa shape index (κ2) is 6.17. The molecule has 1 aliphatic heterocycles. The lowest BCUT2D eigenvalue weighted by Gasteiger charge is -2.27. The highest BCUT2D eigenvalue weighted by Gasteiger charge is 2.28. The zero-order valence-electron chi connectivity index (χ0n) is 12.5. The van der Waals surface area contributed by atoms with Gasteiger partial charge in [-0.25, -0.2) is 17.5 Å². The van der Waals surface area contributed by atoms with Gasteiger partial charge < -0.3 is 9.47 Å². The maximum Gasteiger partial charge on any atom is 0.243 e. The average Bonchev–Trinajstić information content (AvgIpc) is 2.54. The van der Waals surface area contributed by atoms with Crippen LogP contribution in [0.5, 0.6) is 11.5 Å². The van der Waals surface area contributed by atoms with E-state index in [1.54, 1.807) is 13.2 Å². The van der Waals surface area contributed by atoms with Gasteiger partial charge in [-0.05, 0) is 30.2 Å². The summed E-state index contributed by atoms with van der Waals surface area (Å²) < 4.78 is 51.7. The largest absolute Gasteiger partial charge is 0.493 e. The summed E-state index contributed by atoms with van der Waals surface area (Å²) in [5, 5.41) is 0. The van der Waals surface area contributed by atoms with E-state index in [4.69, 9.17) is 9.47 Å². The molecule has 1 N–H and O–H groups in total. The number of halogens is 1. The number of benzene rings is 2. The molecule has 1 atom stereocenters. The molecule has 1 aliphatic rings. The van der Waals surface area contributed by atoms with Gasteiger partial charge >= 0.3 is 0 Å². The van der Waals surface area contributed by atoms with Gasteiger partial charge in [-0.2, -0.15) is 0 Å². The van der Waals surface area contributed by atoms with Gasteiger partial charge in [0.15, 0.2) is 11.5 Å². The van der Waals surface area contributed by atoms with Crippen molar-refractivity contribution in [3.8, 4) is 11.5 Å². The molecule has 2 aromatic rings. The maximum absolute atomic E-state index is 13.7. The van der Waals surface area contributed by atoms with Crippen molar-refractivity contribution >= 4 is 10.0 Å². The molecule has 0 saturated carbocycles. The number of hydrogen-bond donors (Lipinski definition) is 1. The van der Waals surface area contributed by atoms with E-state index in [1.165, 1.54) is 18.2 Å². The van der Waals surface area contributed by atoms with Gasteiger partial charge in [-0.3, -0.25) is 0 Å². The van der Waals surface area contributed by atoms with Crippen molar-refractivity contribution in [2.75, 3.05) is 13.7 Å². The van der Waals surface area contributed by atoms with Crippen molar-refractivity contribution in [1.29, 1.82) is 0 Å². The molecule has 1 heterocycles. The summed E-state index contributed by atoms with van der Waals surface area (Å²) in [6.07, 6.45) is 0.445. The third-order valence-electron chi connectivity index (χ3n) is 3.62. The third kappa shape index (κ3) is 3.16. The molecule has 0 saturated heterocycles. The summed E-state index contributed by atoms with van der Waals surface area (Å²) in [7, 11) is -2.40. The summed E-state index contributed by atoms with van der Waals surface area (Å²) in [6, 6.07) is 10.2. The first-order valence-electron chi connectivity index (χ1n) is 7.07. The number of para-hydroxylation sites is 1. The molecule has 2 aromatic carbocycles. The molecule has 3 rings (SSSR count). The fourth-order valence-electron chi connectivity index (χ4n) is 2.58. The van der Waals surface area contributed by atoms with E-state index in [-0.39, 0.29) is 11.5 Å². The lowest BCUT2D eigenvalue weighted by atomic mass is 10.0. The minimum atomic E-state index is -3.95. The number of hydrogen-bond acceptors (Lipinski definition) is 4. The highest BCUT2D eigenvalue weighted by Crippen LogP contribution is 2.34. The van der Waals surface area contributed by atoms with Gasteiger partial charge in [0, 0.05) is 0 Å². The summed E-state index contributed by atoms with van der Waals surface area (Å²) in [6.45, 7) is 0.154. The van der Waals surface area contributed by atoms with Crippen molar-refractivity contribution in [2.24, 2.45) is 0 Å². The molecule has 5 nitrogen and oxygen atoms in total. The average molecular weight is 337 g/mol. The van der Waals surface area contributed by atoms with E-state index in [9.17, 15) is 12.8 Å². The van der Waals surface area contributed by atoms with Crippen LogP contribution in [-0.4, -0.2) is 28.2 Å². The van der Waals surface area contributed by atoms with Gasteiger partial charge in [0.05, 0.1) is 13.2 Å². The Hall–Kier alpha value is -2.12. The standard InChI is InChI=1S/C16H16FNO4S/c1-21-14-7-4-5-11-9-12(10-22-16(11)14)18-23(19,20)15-8-3-2-6-13(15)17/h2-8,12,18H,9-10H2,1H3. The number of sulfonamides is 1. The SMILES string of the molecule is COc1cccc2c1OCC(NS(=O)(=O)c1ccccc1F)C2. The first kappa shape index (κ1) is 15.8. The molecular weight excluding hydrogens is 321 g/mol. The van der Waals surface area contributed by atoms with Crippen LogP contribution in [-0.2, 0) is 16.4 Å². The molecule has 0 amide bonds. The third-order valence-corrected chi connectivity index (χ3v) is 5.18. The lowest BCUT2D eigenvalue weighted by Crippen LogP contribution is -2.42. The predicted molar refractivity (Wildman–Crippen MR) is 82.7 cm³/mol. The van der Waals surface area contributed by atoms with E-state index in [0.717, 1.165) is 11.6 Å². The van der Waals surface area contributed by atoms with Crippen LogP contribution in [0.4, 0.5) is 4.39 Å². The Balaban J connectivity index is 1.81. The van der Waals surface area contributed by atoms with E-state index in [1.807, 2.05) is 12.1 Å². The van der Waals surface area contributed by atoms with Crippen molar-refractivity contribution < 1.29 is 22.3 Å². The van der Waals surface area contributed by atoms with Crippen LogP contribution in [0.1, 0.15) is 5.56 Å². The van der Waals surface area contributed by atoms with Gasteiger partial charge in [-0.1, -0.05) is 24.3 Å². The van der Waals surface area contributed by atoms with Crippen LogP contribution in [0.25, 0.3) is 0 Å². The monoisotopic (exact) mass is 337 g/mol. The first-order valence-corrected chi connectivity index (χ1v) is 8.55. The zero-order chi connectivity index (χ0) is 16.4. The van der Waals surface area contributed by atoms with E-state index in [2.05, 4.69) is 4.72 Å². The van der Waals surface area contributed by atoms with Crippen molar-refractivity contribution in [1.82, 2.24) is 4.72 Å². The molecule has 1 unspecified atom stereocenters. The van der Waals surface area contributed by atoms with Gasteiger partial charge in [0.2, 0.25) is 10.0 Å². The smallest absolute Gasteiger partial charge is 0.243 e. The Morgan fingerprint density at radius 2 is 2.00 bits per heavy atom. The second-order valence-electron chi connectivity index (χ2n) is 5.21. The lowest BCUT2D eigenvalue weighted by molar-refractivity contribution is 0.240. The fraction of sp³-hybridized carbons (Fsp3) is 0.250. The van der Waals surface area contributed by atoms with Crippen LogP contribution in [0.3, 0.4) is 0 Å². The van der Waals surface area contributed by atoms with Gasteiger partial charge in [-0.15, -0.1) is 0 Å². The van der Waals surface area contributed by atoms with E-state index < -0.39 is 21.9 Å². The number of ether oxygens (including phenoxy) is 2. The summed E-state index contributed by atoms with van der Waals surface area (Å²) >= 11 is 0. The molecule has 23 heavy (non-hydrogen) atoms. The van der Waals surface area contributed by atoms with Crippen LogP contribution in [0.2, 0.25) is 0 Å². The quantitative estimate of drug-likeness (QED) is 0.928. The number of fused-ring (bicyclic) bond motifs is 1. The summed E-state index contributed by atoms with van der Waals surface area (Å²) in [5.41, 5.74) is 0.844. The highest BCUT2D eigenvalue weighted by atomic mass is 32.2. The molecule has 7 heteroatoms. The van der Waals surface area contributed by atoms with Crippen LogP contribution >= 0.6 is 0 Å². The molecule has 0 aromatic heterocycles. The molecule has 0 spiro atoms. The Bertz CT molecular complexity index is 823. The molecule has 0 fully saturated rings. The summed E-state index contributed by atoms with van der Waals surface area (Å²) in [5.74, 6) is 0.452. The Labute approximate surface area is 134 Å². The van der Waals surface area contributed by atoms with Crippen LogP contribution in [0, 0.1) is 5.82 Å². The minimum absolute atomic E-state index is 0.154. The minimum Gasteiger partial charge on any atom is -0.493 e. The molecule has 0 radical (unpaired) electrons. The molecular formula is C16H16FNO4S. The van der Waals surface area contributed by atoms with E-state index in [0.29, 0.717) is 17.9 Å². The van der Waals surface area contributed by atoms with Crippen molar-refractivity contribution in [2.45, 2.75) is 17.4 Å². The predicted octanol–water partition coefficient (Wildman–Crippen LogP) is 2.12. The summed E-state index contributed by atoms with van der Waals surface area (Å²) in [4.78, 5) is -0.364. The normalized spacial score (nSPS) is 17.2. The van der Waals surface area contributed by atoms with Gasteiger partial charge in [0.1, 0.15) is 17.3 Å². The number of rotatable bonds is 4. The first-order chi connectivity index (χ1) is 11.0. The second-order valence-corrected chi connectivity index (χ2v) is 6.89. The molecule has 0 aliphatic carbocycles. The fourth-order valence-corrected chi connectivity index (χ4v) is 3.88. The number of nitrogens with one attached hydrogen (secondary N) is 1. The zero-order valence-corrected chi connectivity index (χ0v) is 13.3. The van der Waals surface area contributed by atoms with Crippen LogP contribution < -0.4 is 14.2 Å². The maximum atomic E-state index is 13.7. The Morgan fingerprint density at radius 3 is 2.74 bits per heavy atom. The Morgan fingerprint density at radius 1 is 1.22 bits per heavy atom. The number of methoxy groups -OCH3 is 1. The van der Waals surface area contributed by atoms with Crippen molar-refractivity contribution in [3.63, 3.8) is 0 Å². The molecule has 122 valence electrons. The van der Waals surface area contributed by atoms with Crippen LogP contribution in [0.15, 0.2) is 47.4 Å². The Kier molecular flexibility index (Phi) is 4.23. The van der Waals surface area contributed by atoms with E-state index >= 15 is 0 Å². The molecule has 0 bridgehead atoms. The van der Waals surface area contributed by atoms with Gasteiger partial charge in [0.25, 0.3) is 0 Å².